The van der Waals surface area contributed by atoms with E-state index in [9.17, 15) is 0 Å². The quantitative estimate of drug-likeness (QED) is 0.846. The van der Waals surface area contributed by atoms with Gasteiger partial charge in [0.15, 0.2) is 5.82 Å². The van der Waals surface area contributed by atoms with Crippen LogP contribution in [0.4, 0.5) is 5.82 Å². The molecule has 0 radical (unpaired) electrons. The molecule has 1 atom stereocenters. The van der Waals surface area contributed by atoms with E-state index in [-0.39, 0.29) is 12.6 Å². The Morgan fingerprint density at radius 1 is 1.24 bits per heavy atom. The highest BCUT2D eigenvalue weighted by atomic mass is 16.3. The Morgan fingerprint density at radius 2 is 1.94 bits per heavy atom. The van der Waals surface area contributed by atoms with E-state index in [1.54, 1.807) is 0 Å². The average molecular weight is 231 g/mol. The summed E-state index contributed by atoms with van der Waals surface area (Å²) >= 11 is 0. The van der Waals surface area contributed by atoms with E-state index in [2.05, 4.69) is 15.5 Å². The van der Waals surface area contributed by atoms with E-state index in [0.717, 1.165) is 22.3 Å². The van der Waals surface area contributed by atoms with Gasteiger partial charge in [-0.1, -0.05) is 24.3 Å². The first-order valence-electron chi connectivity index (χ1n) is 5.82. The Kier molecular flexibility index (Phi) is 3.54. The highest BCUT2D eigenvalue weighted by molar-refractivity contribution is 5.92. The first-order chi connectivity index (χ1) is 8.22. The smallest absolute Gasteiger partial charge is 0.156 e. The van der Waals surface area contributed by atoms with Crippen molar-refractivity contribution in [3.05, 3.63) is 30.0 Å². The van der Waals surface area contributed by atoms with E-state index in [1.165, 1.54) is 0 Å². The highest BCUT2D eigenvalue weighted by Crippen LogP contribution is 2.22. The summed E-state index contributed by atoms with van der Waals surface area (Å²) in [6, 6.07) is 8.25. The normalized spacial score (nSPS) is 12.6. The first kappa shape index (κ1) is 11.8. The third-order valence-corrected chi connectivity index (χ3v) is 2.82. The molecule has 0 bridgehead atoms. The van der Waals surface area contributed by atoms with Gasteiger partial charge >= 0.3 is 0 Å². The molecule has 0 spiro atoms. The van der Waals surface area contributed by atoms with Gasteiger partial charge in [0.2, 0.25) is 0 Å². The number of aromatic nitrogens is 2. The average Bonchev–Trinajstić information content (AvgIpc) is 2.34. The van der Waals surface area contributed by atoms with Crippen molar-refractivity contribution in [3.63, 3.8) is 0 Å². The second-order valence-electron chi connectivity index (χ2n) is 4.24. The van der Waals surface area contributed by atoms with Gasteiger partial charge in [-0.25, -0.2) is 0 Å². The molecule has 0 saturated carbocycles. The number of aliphatic hydroxyl groups is 1. The van der Waals surface area contributed by atoms with Crippen molar-refractivity contribution in [2.24, 2.45) is 0 Å². The van der Waals surface area contributed by atoms with E-state index in [4.69, 9.17) is 5.11 Å². The van der Waals surface area contributed by atoms with E-state index >= 15 is 0 Å². The van der Waals surface area contributed by atoms with Crippen LogP contribution in [0, 0.1) is 6.92 Å². The Balaban J connectivity index is 2.38. The van der Waals surface area contributed by atoms with Gasteiger partial charge in [0.1, 0.15) is 0 Å². The second-order valence-corrected chi connectivity index (χ2v) is 4.24. The summed E-state index contributed by atoms with van der Waals surface area (Å²) in [6.45, 7) is 4.15. The monoisotopic (exact) mass is 231 g/mol. The van der Waals surface area contributed by atoms with Crippen molar-refractivity contribution < 1.29 is 5.11 Å². The molecule has 0 fully saturated rings. The van der Waals surface area contributed by atoms with Gasteiger partial charge < -0.3 is 10.4 Å². The van der Waals surface area contributed by atoms with Crippen LogP contribution >= 0.6 is 0 Å². The summed E-state index contributed by atoms with van der Waals surface area (Å²) in [5.74, 6) is 0.784. The molecule has 1 aromatic heterocycles. The predicted octanol–water partition coefficient (Wildman–Crippen LogP) is 2.12. The Hall–Kier alpha value is -1.68. The number of aliphatic hydroxyl groups excluding tert-OH is 1. The maximum Gasteiger partial charge on any atom is 0.156 e. The number of benzene rings is 1. The fourth-order valence-electron chi connectivity index (χ4n) is 1.84. The minimum atomic E-state index is 0.172. The highest BCUT2D eigenvalue weighted by Gasteiger charge is 2.08. The molecule has 1 heterocycles. The lowest BCUT2D eigenvalue weighted by Gasteiger charge is -2.14. The molecular formula is C13H17N3O. The number of nitrogens with zero attached hydrogens (tertiary/aromatic N) is 2. The molecule has 90 valence electrons. The first-order valence-corrected chi connectivity index (χ1v) is 5.82. The van der Waals surface area contributed by atoms with Crippen LogP contribution in [-0.2, 0) is 0 Å². The van der Waals surface area contributed by atoms with Crippen LogP contribution in [0.5, 0.6) is 0 Å². The maximum absolute atomic E-state index is 8.90. The molecule has 0 aliphatic carbocycles. The molecule has 0 saturated heterocycles. The lowest BCUT2D eigenvalue weighted by atomic mass is 10.1. The van der Waals surface area contributed by atoms with Crippen molar-refractivity contribution >= 4 is 16.6 Å². The summed E-state index contributed by atoms with van der Waals surface area (Å²) in [5, 5.41) is 22.7. The predicted molar refractivity (Wildman–Crippen MR) is 69.1 cm³/mol. The summed E-state index contributed by atoms with van der Waals surface area (Å²) in [4.78, 5) is 0. The van der Waals surface area contributed by atoms with Crippen LogP contribution in [0.2, 0.25) is 0 Å². The number of aryl methyl sites for hydroxylation is 1. The maximum atomic E-state index is 8.90. The molecule has 4 heteroatoms. The van der Waals surface area contributed by atoms with Gasteiger partial charge in [-0.15, -0.1) is 5.10 Å². The van der Waals surface area contributed by atoms with Crippen LogP contribution in [0.3, 0.4) is 0 Å². The standard InChI is InChI=1S/C13H17N3O/c1-9(7-8-17)14-13-12-6-4-3-5-11(12)10(2)15-16-13/h3-6,9,17H,7-8H2,1-2H3,(H,14,16). The van der Waals surface area contributed by atoms with Crippen LogP contribution in [-0.4, -0.2) is 28.0 Å². The minimum absolute atomic E-state index is 0.172. The fourth-order valence-corrected chi connectivity index (χ4v) is 1.84. The number of anilines is 1. The van der Waals surface area contributed by atoms with Crippen molar-refractivity contribution in [2.75, 3.05) is 11.9 Å². The zero-order chi connectivity index (χ0) is 12.3. The van der Waals surface area contributed by atoms with Crippen LogP contribution < -0.4 is 5.32 Å². The van der Waals surface area contributed by atoms with Crippen molar-refractivity contribution in [1.82, 2.24) is 10.2 Å². The zero-order valence-electron chi connectivity index (χ0n) is 10.1. The molecule has 0 amide bonds. The summed E-state index contributed by atoms with van der Waals surface area (Å²) < 4.78 is 0. The van der Waals surface area contributed by atoms with Gasteiger partial charge in [0, 0.05) is 23.4 Å². The van der Waals surface area contributed by atoms with Gasteiger partial charge in [-0.2, -0.15) is 5.10 Å². The lowest BCUT2D eigenvalue weighted by molar-refractivity contribution is 0.282. The molecule has 1 unspecified atom stereocenters. The summed E-state index contributed by atoms with van der Waals surface area (Å²) in [6.07, 6.45) is 0.698. The molecule has 2 rings (SSSR count). The lowest BCUT2D eigenvalue weighted by Crippen LogP contribution is -2.18. The van der Waals surface area contributed by atoms with Gasteiger partial charge in [-0.05, 0) is 20.3 Å². The SMILES string of the molecule is Cc1nnc(NC(C)CCO)c2ccccc12. The summed E-state index contributed by atoms with van der Waals surface area (Å²) in [7, 11) is 0. The Labute approximate surface area is 101 Å². The topological polar surface area (TPSA) is 58.0 Å². The molecule has 1 aromatic carbocycles. The number of fused-ring (bicyclic) bond motifs is 1. The third-order valence-electron chi connectivity index (χ3n) is 2.82. The number of rotatable bonds is 4. The van der Waals surface area contributed by atoms with Crippen LogP contribution in [0.15, 0.2) is 24.3 Å². The van der Waals surface area contributed by atoms with Gasteiger partial charge in [-0.3, -0.25) is 0 Å². The largest absolute Gasteiger partial charge is 0.396 e. The molecule has 17 heavy (non-hydrogen) atoms. The molecule has 0 aliphatic rings. The molecule has 2 aromatic rings. The molecular weight excluding hydrogens is 214 g/mol. The minimum Gasteiger partial charge on any atom is -0.396 e. The van der Waals surface area contributed by atoms with E-state index in [1.807, 2.05) is 38.1 Å². The number of hydrogen-bond donors (Lipinski definition) is 2. The summed E-state index contributed by atoms with van der Waals surface area (Å²) in [5.41, 5.74) is 0.931. The van der Waals surface area contributed by atoms with E-state index in [0.29, 0.717) is 6.42 Å². The second kappa shape index (κ2) is 5.10. The molecule has 0 aliphatic heterocycles. The number of hydrogen-bond acceptors (Lipinski definition) is 4. The third kappa shape index (κ3) is 2.53. The van der Waals surface area contributed by atoms with Gasteiger partial charge in [0.25, 0.3) is 0 Å². The van der Waals surface area contributed by atoms with Crippen LogP contribution in [0.1, 0.15) is 19.0 Å². The van der Waals surface area contributed by atoms with Crippen molar-refractivity contribution in [3.8, 4) is 0 Å². The number of nitrogens with one attached hydrogen (secondary N) is 1. The molecule has 2 N–H and O–H groups in total. The van der Waals surface area contributed by atoms with Crippen molar-refractivity contribution in [2.45, 2.75) is 26.3 Å². The van der Waals surface area contributed by atoms with Crippen LogP contribution in [0.25, 0.3) is 10.8 Å². The fraction of sp³-hybridized carbons (Fsp3) is 0.385. The molecule has 4 nitrogen and oxygen atoms in total. The zero-order valence-corrected chi connectivity index (χ0v) is 10.1. The Bertz CT molecular complexity index is 513. The van der Waals surface area contributed by atoms with Crippen molar-refractivity contribution in [1.29, 1.82) is 0 Å². The van der Waals surface area contributed by atoms with Gasteiger partial charge in [0.05, 0.1) is 5.69 Å². The van der Waals surface area contributed by atoms with E-state index < -0.39 is 0 Å². The Morgan fingerprint density at radius 3 is 2.65 bits per heavy atom.